The monoisotopic (exact) mass is 1230 g/mol. The summed E-state index contributed by atoms with van der Waals surface area (Å²) in [6.45, 7) is 0.717. The van der Waals surface area contributed by atoms with Gasteiger partial charge < -0.3 is 77.1 Å². The summed E-state index contributed by atoms with van der Waals surface area (Å²) in [4.78, 5) is 141. The number of aliphatic hydroxyl groups is 1. The van der Waals surface area contributed by atoms with Gasteiger partial charge in [-0.1, -0.05) is 79.7 Å². The number of carboxylic acids is 1. The van der Waals surface area contributed by atoms with Crippen LogP contribution in [-0.4, -0.2) is 162 Å². The van der Waals surface area contributed by atoms with Crippen LogP contribution in [0.15, 0.2) is 99.8 Å². The van der Waals surface area contributed by atoms with Crippen LogP contribution in [0.3, 0.4) is 0 Å². The number of nitrogens with one attached hydrogen (secondary N) is 7. The van der Waals surface area contributed by atoms with Crippen molar-refractivity contribution in [1.29, 1.82) is 0 Å². The quantitative estimate of drug-likeness (QED) is 0.00998. The second-order valence-corrected chi connectivity index (χ2v) is 21.0. The molecule has 3 aliphatic rings. The molecule has 29 heteroatoms. The Bertz CT molecular complexity index is 3590. The number of amides is 7. The minimum atomic E-state index is -1.98. The van der Waals surface area contributed by atoms with E-state index in [0.717, 1.165) is 0 Å². The molecule has 0 unspecified atom stereocenters. The molecule has 5 heterocycles. The van der Waals surface area contributed by atoms with Crippen LogP contribution in [0.25, 0.3) is 22.3 Å². The van der Waals surface area contributed by atoms with E-state index in [2.05, 4.69) is 47.4 Å². The molecular weight excluding hydrogens is 1160 g/mol. The molecule has 0 bridgehead atoms. The van der Waals surface area contributed by atoms with Crippen LogP contribution < -0.4 is 54.4 Å². The van der Waals surface area contributed by atoms with Crippen LogP contribution in [0, 0.1) is 0 Å². The Morgan fingerprint density at radius 3 is 2.06 bits per heavy atom. The Balaban J connectivity index is 0.788. The predicted molar refractivity (Wildman–Crippen MR) is 318 cm³/mol. The van der Waals surface area contributed by atoms with E-state index >= 15 is 0 Å². The smallest absolute Gasteiger partial charge is 0.343 e. The molecular formula is C60H69N13O16. The zero-order chi connectivity index (χ0) is 63.6. The van der Waals surface area contributed by atoms with E-state index in [1.807, 2.05) is 18.2 Å². The Hall–Kier alpha value is -9.97. The van der Waals surface area contributed by atoms with Gasteiger partial charge in [-0.25, -0.2) is 15.2 Å². The molecule has 0 spiro atoms. The number of pyridine rings is 2. The summed E-state index contributed by atoms with van der Waals surface area (Å²) in [6.07, 6.45) is 0.613. The number of hydrogen-bond donors (Lipinski definition) is 11. The van der Waals surface area contributed by atoms with Gasteiger partial charge in [-0.2, -0.15) is 5.10 Å². The zero-order valence-electron chi connectivity index (χ0n) is 48.5. The number of carbonyl (C=O) groups is 9. The molecule has 89 heavy (non-hydrogen) atoms. The van der Waals surface area contributed by atoms with E-state index in [4.69, 9.17) is 35.4 Å². The third-order valence-corrected chi connectivity index (χ3v) is 14.8. The molecule has 3 aromatic carbocycles. The third kappa shape index (κ3) is 17.2. The lowest BCUT2D eigenvalue weighted by molar-refractivity contribution is -0.172. The molecule has 0 radical (unpaired) electrons. The number of rotatable bonds is 25. The van der Waals surface area contributed by atoms with E-state index in [9.17, 15) is 58.2 Å². The van der Waals surface area contributed by atoms with Crippen molar-refractivity contribution >= 4 is 76.4 Å². The lowest BCUT2D eigenvalue weighted by Gasteiger charge is -2.31. The van der Waals surface area contributed by atoms with Crippen LogP contribution in [0.1, 0.15) is 71.6 Å². The lowest BCUT2D eigenvalue weighted by atomic mass is 9.86. The van der Waals surface area contributed by atoms with Crippen LogP contribution >= 0.6 is 0 Å². The molecule has 2 aromatic heterocycles. The third-order valence-electron chi connectivity index (χ3n) is 14.8. The Morgan fingerprint density at radius 2 is 1.38 bits per heavy atom. The number of para-hydroxylation sites is 1. The van der Waals surface area contributed by atoms with E-state index in [0.29, 0.717) is 50.1 Å². The molecule has 1 fully saturated rings. The van der Waals surface area contributed by atoms with Gasteiger partial charge >= 0.3 is 11.9 Å². The van der Waals surface area contributed by atoms with Crippen LogP contribution in [0.4, 0.5) is 0 Å². The maximum atomic E-state index is 14.2. The number of nitrogens with zero attached hydrogens (tertiary/aromatic N) is 4. The highest BCUT2D eigenvalue weighted by Gasteiger charge is 2.46. The number of aliphatic carboxylic acids is 1. The van der Waals surface area contributed by atoms with Crippen LogP contribution in [-0.2, 0) is 100 Å². The molecule has 29 nitrogen and oxygen atoms in total. The first kappa shape index (κ1) is 65.0. The molecule has 0 aliphatic carbocycles. The minimum Gasteiger partial charge on any atom is -0.481 e. The van der Waals surface area contributed by atoms with Crippen molar-refractivity contribution in [3.05, 3.63) is 134 Å². The van der Waals surface area contributed by atoms with Gasteiger partial charge in [-0.05, 0) is 48.1 Å². The van der Waals surface area contributed by atoms with Gasteiger partial charge in [0.05, 0.1) is 74.6 Å². The topological polar surface area (TPSA) is 427 Å². The van der Waals surface area contributed by atoms with Crippen LogP contribution in [0.2, 0.25) is 0 Å². The van der Waals surface area contributed by atoms with Crippen molar-refractivity contribution in [1.82, 2.24) is 46.9 Å². The number of hydrogen-bond acceptors (Lipinski definition) is 18. The first-order valence-corrected chi connectivity index (χ1v) is 28.6. The summed E-state index contributed by atoms with van der Waals surface area (Å²) in [5.41, 5.74) is 16.0. The molecule has 7 amide bonds. The number of nitrogens with two attached hydrogens (primary N) is 2. The van der Waals surface area contributed by atoms with Gasteiger partial charge in [0.25, 0.3) is 11.5 Å². The van der Waals surface area contributed by atoms with Crippen molar-refractivity contribution < 1.29 is 72.3 Å². The number of aliphatic imine (C=N–C) groups is 1. The standard InChI is InChI=1S/C60H69N13O16/c1-2-60(85)41-25-47-52-39(30-73(47)57(83)40(41)31-89-58(60)84)38(37-11-6-7-12-42(37)68-52)28-66-72-50(76)33-88-22-20-86-19-21-87-32-49(75)64-27-36-16-14-35(15-17-36)24-45-54(80)69-43(13-8-18-63-59(61)62)53(79)65-29-48(74)67-46(26-51(77)78)56(82)71-44(55(81)70-45)23-34-9-4-3-5-10-34/h3-7,9-12,14-17,25,28,43-46,85H,2,8,13,18-24,26-27,29-33H2,1H3,(H,64,75)(H,65,79)(H,67,74)(H,69,80)(H,70,81)(H,71,82)(H,72,76)(H,77,78)(H4,61,62,63)/b66-28-/t43-,44+,45-,46-,60-/m0/s1. The highest BCUT2D eigenvalue weighted by Crippen LogP contribution is 2.40. The normalized spacial score (nSPS) is 19.4. The van der Waals surface area contributed by atoms with Crippen molar-refractivity contribution in [2.75, 3.05) is 52.7 Å². The summed E-state index contributed by atoms with van der Waals surface area (Å²) in [6, 6.07) is 18.6. The number of ether oxygens (including phenoxy) is 4. The maximum Gasteiger partial charge on any atom is 0.343 e. The molecule has 13 N–H and O–H groups in total. The molecule has 3 aliphatic heterocycles. The number of carboxylic acid groups (broad SMARTS) is 1. The fraction of sp³-hybridized carbons (Fsp3) is 0.383. The number of benzene rings is 3. The van der Waals surface area contributed by atoms with Crippen LogP contribution in [0.5, 0.6) is 0 Å². The zero-order valence-corrected chi connectivity index (χ0v) is 48.5. The first-order chi connectivity index (χ1) is 42.8. The van der Waals surface area contributed by atoms with Gasteiger partial charge in [0.1, 0.15) is 44.0 Å². The molecule has 5 aromatic rings. The van der Waals surface area contributed by atoms with Crippen molar-refractivity contribution in [2.24, 2.45) is 21.6 Å². The predicted octanol–water partition coefficient (Wildman–Crippen LogP) is -1.72. The summed E-state index contributed by atoms with van der Waals surface area (Å²) in [5, 5.41) is 41.1. The summed E-state index contributed by atoms with van der Waals surface area (Å²) >= 11 is 0. The molecule has 0 saturated carbocycles. The maximum absolute atomic E-state index is 14.2. The van der Waals surface area contributed by atoms with Crippen molar-refractivity contribution in [3.8, 4) is 11.4 Å². The number of guanidine groups is 1. The highest BCUT2D eigenvalue weighted by molar-refractivity contribution is 6.03. The number of carbonyl (C=O) groups excluding carboxylic acids is 8. The van der Waals surface area contributed by atoms with E-state index < -0.39 is 102 Å². The Morgan fingerprint density at radius 1 is 0.764 bits per heavy atom. The SMILES string of the molecule is CC[C@@]1(O)C(=O)OCc2c1cc1n(c2=O)Cc2c-1nc1ccccc1c2/C=N\NC(=O)COCCOCCOCC(=O)NCc1ccc(C[C@@H]2NC(=O)[C@@H](Cc3ccccc3)NC(=O)[C@H](CC(=O)O)NC(=O)CNC(=O)[C@H](CCCN=C(N)N)NC2=O)cc1. The number of fused-ring (bicyclic) bond motifs is 5. The molecule has 470 valence electrons. The number of aromatic nitrogens is 2. The average Bonchev–Trinajstić information content (AvgIpc) is 1.66. The Labute approximate surface area is 508 Å². The number of hydrazone groups is 1. The second-order valence-electron chi connectivity index (χ2n) is 21.0. The molecule has 1 saturated heterocycles. The van der Waals surface area contributed by atoms with Gasteiger partial charge in [0, 0.05) is 48.0 Å². The average molecular weight is 1230 g/mol. The molecule has 5 atom stereocenters. The van der Waals surface area contributed by atoms with Gasteiger partial charge in [0.2, 0.25) is 35.4 Å². The summed E-state index contributed by atoms with van der Waals surface area (Å²) in [5.74, 6) is -7.71. The summed E-state index contributed by atoms with van der Waals surface area (Å²) in [7, 11) is 0. The van der Waals surface area contributed by atoms with Crippen molar-refractivity contribution in [3.63, 3.8) is 0 Å². The lowest BCUT2D eigenvalue weighted by Crippen LogP contribution is -2.58. The fourth-order valence-corrected chi connectivity index (χ4v) is 10.1. The van der Waals surface area contributed by atoms with Crippen molar-refractivity contribution in [2.45, 2.75) is 94.9 Å². The van der Waals surface area contributed by atoms with E-state index in [1.165, 1.54) is 10.8 Å². The largest absolute Gasteiger partial charge is 0.481 e. The number of esters is 1. The number of cyclic esters (lactones) is 1. The van der Waals surface area contributed by atoms with E-state index in [-0.39, 0.29) is 115 Å². The Kier molecular flexibility index (Phi) is 22.3. The minimum absolute atomic E-state index is 0.00192. The van der Waals surface area contributed by atoms with E-state index in [1.54, 1.807) is 73.7 Å². The van der Waals surface area contributed by atoms with Gasteiger partial charge in [0.15, 0.2) is 11.6 Å². The fourth-order valence-electron chi connectivity index (χ4n) is 10.1. The van der Waals surface area contributed by atoms with Gasteiger partial charge in [-0.3, -0.25) is 48.1 Å². The van der Waals surface area contributed by atoms with Gasteiger partial charge in [-0.15, -0.1) is 0 Å². The summed E-state index contributed by atoms with van der Waals surface area (Å²) < 4.78 is 23.1. The molecule has 8 rings (SSSR count). The highest BCUT2D eigenvalue weighted by atomic mass is 16.6. The first-order valence-electron chi connectivity index (χ1n) is 28.6. The second kappa shape index (κ2) is 30.6.